The minimum atomic E-state index is -0.337. The number of carbonyl (C=O) groups is 2. The van der Waals surface area contributed by atoms with Gasteiger partial charge < -0.3 is 33.7 Å². The van der Waals surface area contributed by atoms with Crippen molar-refractivity contribution in [3.8, 4) is 0 Å². The van der Waals surface area contributed by atoms with E-state index in [0.29, 0.717) is 52.1 Å². The van der Waals surface area contributed by atoms with Crippen LogP contribution in [-0.2, 0) is 33.3 Å². The minimum Gasteiger partial charge on any atom is -0.466 e. The first-order chi connectivity index (χ1) is 37.9. The van der Waals surface area contributed by atoms with E-state index in [4.69, 9.17) is 23.7 Å². The van der Waals surface area contributed by atoms with Gasteiger partial charge in [-0.2, -0.15) is 0 Å². The summed E-state index contributed by atoms with van der Waals surface area (Å²) in [5, 5.41) is 9.33. The number of aliphatic hydroxyl groups is 1. The fraction of sp³-hybridized carbons (Fsp3) is 0.971. The second kappa shape index (κ2) is 69.0. The summed E-state index contributed by atoms with van der Waals surface area (Å²) >= 11 is 0. The molecule has 0 aromatic rings. The first-order valence-corrected chi connectivity index (χ1v) is 34.4. The van der Waals surface area contributed by atoms with Crippen LogP contribution in [0.3, 0.4) is 0 Å². The van der Waals surface area contributed by atoms with Gasteiger partial charge in [-0.15, -0.1) is 0 Å². The number of carbonyl (C=O) groups excluding carboxylic acids is 2. The summed E-state index contributed by atoms with van der Waals surface area (Å²) in [6.45, 7) is 19.7. The molecule has 0 radical (unpaired) electrons. The van der Waals surface area contributed by atoms with Gasteiger partial charge in [0, 0.05) is 39.3 Å². The maximum atomic E-state index is 12.7. The molecule has 0 bridgehead atoms. The van der Waals surface area contributed by atoms with E-state index in [0.717, 1.165) is 96.9 Å². The summed E-state index contributed by atoms with van der Waals surface area (Å²) in [7, 11) is 0. The smallest absolute Gasteiger partial charge is 0.305 e. The van der Waals surface area contributed by atoms with Crippen molar-refractivity contribution in [3.63, 3.8) is 0 Å². The van der Waals surface area contributed by atoms with Gasteiger partial charge in [-0.25, -0.2) is 0 Å². The number of aliphatic hydroxyl groups excluding tert-OH is 1. The van der Waals surface area contributed by atoms with Crippen LogP contribution < -0.4 is 0 Å². The predicted molar refractivity (Wildman–Crippen MR) is 331 cm³/mol. The van der Waals surface area contributed by atoms with Crippen LogP contribution in [0.2, 0.25) is 0 Å². The van der Waals surface area contributed by atoms with E-state index < -0.39 is 0 Å². The maximum Gasteiger partial charge on any atom is 0.305 e. The summed E-state index contributed by atoms with van der Waals surface area (Å²) < 4.78 is 29.5. The molecule has 9 nitrogen and oxygen atoms in total. The fourth-order valence-electron chi connectivity index (χ4n) is 9.90. The molecule has 0 fully saturated rings. The Morgan fingerprint density at radius 1 is 0.325 bits per heavy atom. The zero-order valence-corrected chi connectivity index (χ0v) is 52.9. The highest BCUT2D eigenvalue weighted by Crippen LogP contribution is 2.16. The van der Waals surface area contributed by atoms with E-state index >= 15 is 0 Å². The highest BCUT2D eigenvalue weighted by molar-refractivity contribution is 5.69. The van der Waals surface area contributed by atoms with Crippen molar-refractivity contribution in [3.05, 3.63) is 0 Å². The van der Waals surface area contributed by atoms with Crippen molar-refractivity contribution in [1.82, 2.24) is 4.90 Å². The predicted octanol–water partition coefficient (Wildman–Crippen LogP) is 20.3. The number of unbranched alkanes of at least 4 members (excludes halogenated alkanes) is 38. The molecule has 1 N–H and O–H groups in total. The van der Waals surface area contributed by atoms with Crippen molar-refractivity contribution in [2.75, 3.05) is 59.3 Å². The minimum absolute atomic E-state index is 0.0882. The normalized spacial score (nSPS) is 11.9. The topological polar surface area (TPSA) is 104 Å². The number of hydrogen-bond donors (Lipinski definition) is 1. The van der Waals surface area contributed by atoms with Gasteiger partial charge in [0.05, 0.1) is 25.7 Å². The molecule has 77 heavy (non-hydrogen) atoms. The Morgan fingerprint density at radius 3 is 0.909 bits per heavy atom. The average molecular weight is 1100 g/mol. The Bertz CT molecular complexity index is 1080. The van der Waals surface area contributed by atoms with Gasteiger partial charge in [0.25, 0.3) is 0 Å². The number of esters is 2. The molecule has 0 saturated carbocycles. The number of ether oxygens (including phenoxy) is 5. The second-order valence-electron chi connectivity index (χ2n) is 23.1. The average Bonchev–Trinajstić information content (AvgIpc) is 3.43. The third-order valence-electron chi connectivity index (χ3n) is 15.2. The largest absolute Gasteiger partial charge is 0.466 e. The van der Waals surface area contributed by atoms with E-state index in [1.807, 2.05) is 0 Å². The van der Waals surface area contributed by atoms with E-state index in [1.54, 1.807) is 0 Å². The molecule has 0 rings (SSSR count). The Morgan fingerprint density at radius 2 is 0.584 bits per heavy atom. The van der Waals surface area contributed by atoms with Crippen molar-refractivity contribution >= 4 is 11.9 Å². The third kappa shape index (κ3) is 67.2. The Balaban J connectivity index is 0. The number of nitrogens with zero attached hydrogens (tertiary/aromatic N) is 1. The summed E-state index contributed by atoms with van der Waals surface area (Å²) in [5.74, 6) is -0.279. The lowest BCUT2D eigenvalue weighted by molar-refractivity contribution is -0.159. The molecule has 0 heterocycles. The summed E-state index contributed by atoms with van der Waals surface area (Å²) in [5.41, 5.74) is 0. The fourth-order valence-corrected chi connectivity index (χ4v) is 9.90. The molecular formula is C68H137NO8. The van der Waals surface area contributed by atoms with E-state index in [9.17, 15) is 14.7 Å². The van der Waals surface area contributed by atoms with Crippen LogP contribution in [0, 0.1) is 0 Å². The van der Waals surface area contributed by atoms with Crippen LogP contribution >= 0.6 is 0 Å². The molecular weight excluding hydrogens is 959 g/mol. The molecule has 0 amide bonds. The van der Waals surface area contributed by atoms with Crippen LogP contribution in [0.5, 0.6) is 0 Å². The van der Waals surface area contributed by atoms with Crippen molar-refractivity contribution in [2.45, 2.75) is 369 Å². The molecule has 0 aromatic carbocycles. The Kier molecular flexibility index (Phi) is 69.7. The standard InChI is InChI=1S/C56H111NO8.C12H26/c1-5-8-11-14-17-20-23-26-35-48-61-53(4)40-41-54(59)62-49-38-29-31-44-57(46-33-34-47-58)45-32-30-39-50-63-55(60)42-43-56(64-51-36-27-24-21-18-15-12-9-6-2)65-52-37-28-25-22-19-16-13-10-7-3;1-3-5-7-9-11-12-10-8-6-4-2/h53,56,58H,5-52H2,1-4H3;3-12H2,1-2H3. The quantitative estimate of drug-likeness (QED) is 0.0362. The number of rotatable bonds is 64. The van der Waals surface area contributed by atoms with Crippen molar-refractivity contribution in [1.29, 1.82) is 0 Å². The second-order valence-corrected chi connectivity index (χ2v) is 23.1. The summed E-state index contributed by atoms with van der Waals surface area (Å²) in [6.07, 6.45) is 58.7. The van der Waals surface area contributed by atoms with Gasteiger partial charge in [-0.1, -0.05) is 253 Å². The third-order valence-corrected chi connectivity index (χ3v) is 15.2. The monoisotopic (exact) mass is 1100 g/mol. The van der Waals surface area contributed by atoms with Gasteiger partial charge in [-0.05, 0) is 104 Å². The highest BCUT2D eigenvalue weighted by Gasteiger charge is 2.14. The SMILES string of the molecule is CCCCCCCCCCCC.CCCCCCCCCCCOC(C)CCC(=O)OCCCCCN(CCCCO)CCCCCOC(=O)CCC(OCCCCCCCCCCC)OCCCCCCCCCCC. The van der Waals surface area contributed by atoms with Gasteiger partial charge >= 0.3 is 11.9 Å². The van der Waals surface area contributed by atoms with Crippen LogP contribution in [0.25, 0.3) is 0 Å². The van der Waals surface area contributed by atoms with Gasteiger partial charge in [-0.3, -0.25) is 9.59 Å². The van der Waals surface area contributed by atoms with Gasteiger partial charge in [0.15, 0.2) is 6.29 Å². The van der Waals surface area contributed by atoms with Crippen molar-refractivity contribution < 1.29 is 38.4 Å². The Labute approximate surface area is 481 Å². The lowest BCUT2D eigenvalue weighted by atomic mass is 10.1. The molecule has 1 atom stereocenters. The first kappa shape index (κ1) is 77.8. The molecule has 0 saturated heterocycles. The van der Waals surface area contributed by atoms with Crippen molar-refractivity contribution in [2.24, 2.45) is 0 Å². The van der Waals surface area contributed by atoms with Gasteiger partial charge in [0.1, 0.15) is 0 Å². The zero-order valence-electron chi connectivity index (χ0n) is 52.9. The molecule has 1 unspecified atom stereocenters. The molecule has 0 aromatic heterocycles. The summed E-state index contributed by atoms with van der Waals surface area (Å²) in [6, 6.07) is 0. The zero-order chi connectivity index (χ0) is 56.4. The van der Waals surface area contributed by atoms with Crippen LogP contribution in [-0.4, -0.2) is 93.6 Å². The van der Waals surface area contributed by atoms with Crippen LogP contribution in [0.15, 0.2) is 0 Å². The molecule has 0 aliphatic heterocycles. The molecule has 9 heteroatoms. The van der Waals surface area contributed by atoms with E-state index in [-0.39, 0.29) is 30.9 Å². The van der Waals surface area contributed by atoms with Crippen LogP contribution in [0.4, 0.5) is 0 Å². The lowest BCUT2D eigenvalue weighted by Gasteiger charge is -2.22. The Hall–Kier alpha value is -1.26. The molecule has 0 spiro atoms. The van der Waals surface area contributed by atoms with Crippen LogP contribution in [0.1, 0.15) is 356 Å². The maximum absolute atomic E-state index is 12.7. The molecule has 462 valence electrons. The molecule has 0 aliphatic carbocycles. The summed E-state index contributed by atoms with van der Waals surface area (Å²) in [4.78, 5) is 27.5. The highest BCUT2D eigenvalue weighted by atomic mass is 16.7. The number of hydrogen-bond acceptors (Lipinski definition) is 9. The molecule has 0 aliphatic rings. The van der Waals surface area contributed by atoms with Gasteiger partial charge in [0.2, 0.25) is 0 Å². The lowest BCUT2D eigenvalue weighted by Crippen LogP contribution is -2.27. The van der Waals surface area contributed by atoms with E-state index in [1.165, 1.54) is 218 Å². The first-order valence-electron chi connectivity index (χ1n) is 34.4. The van der Waals surface area contributed by atoms with E-state index in [2.05, 4.69) is 46.4 Å².